The fourth-order valence-corrected chi connectivity index (χ4v) is 2.11. The molecule has 22 heavy (non-hydrogen) atoms. The normalized spacial score (nSPS) is 10.6. The van der Waals surface area contributed by atoms with Gasteiger partial charge in [0, 0.05) is 18.6 Å². The van der Waals surface area contributed by atoms with E-state index in [-0.39, 0.29) is 12.5 Å². The van der Waals surface area contributed by atoms with Crippen molar-refractivity contribution in [1.82, 2.24) is 19.7 Å². The quantitative estimate of drug-likeness (QED) is 0.778. The fraction of sp³-hybridized carbons (Fsp3) is 0.188. The van der Waals surface area contributed by atoms with Crippen LogP contribution in [-0.2, 0) is 11.3 Å². The number of fused-ring (bicyclic) bond motifs is 1. The van der Waals surface area contributed by atoms with E-state index in [1.54, 1.807) is 12.3 Å². The molecule has 0 aliphatic carbocycles. The van der Waals surface area contributed by atoms with Crippen LogP contribution in [-0.4, -0.2) is 26.9 Å². The van der Waals surface area contributed by atoms with Crippen LogP contribution in [0.1, 0.15) is 11.4 Å². The molecule has 0 unspecified atom stereocenters. The molecule has 3 heterocycles. The van der Waals surface area contributed by atoms with Crippen LogP contribution < -0.4 is 10.1 Å². The molecular formula is C16H16N4O2. The van der Waals surface area contributed by atoms with Crippen LogP contribution in [0.2, 0.25) is 0 Å². The highest BCUT2D eigenvalue weighted by molar-refractivity contribution is 5.77. The van der Waals surface area contributed by atoms with Crippen molar-refractivity contribution in [2.24, 2.45) is 0 Å². The van der Waals surface area contributed by atoms with E-state index in [4.69, 9.17) is 4.74 Å². The SMILES string of the molecule is Cc1cn2cccc(OCC(=O)NCc3ccccn3)c2n1. The molecule has 0 aliphatic rings. The molecule has 6 heteroatoms. The molecule has 0 spiro atoms. The molecule has 1 N–H and O–H groups in total. The molecule has 0 atom stereocenters. The van der Waals surface area contributed by atoms with Gasteiger partial charge in [-0.1, -0.05) is 6.07 Å². The standard InChI is InChI=1S/C16H16N4O2/c1-12-10-20-8-4-6-14(16(20)19-12)22-11-15(21)18-9-13-5-2-3-7-17-13/h2-8,10H,9,11H2,1H3,(H,18,21). The first kappa shape index (κ1) is 14.1. The molecule has 112 valence electrons. The number of rotatable bonds is 5. The van der Waals surface area contributed by atoms with Crippen LogP contribution in [0, 0.1) is 6.92 Å². The Hall–Kier alpha value is -2.89. The molecule has 0 fully saturated rings. The van der Waals surface area contributed by atoms with Gasteiger partial charge >= 0.3 is 0 Å². The smallest absolute Gasteiger partial charge is 0.258 e. The molecule has 0 radical (unpaired) electrons. The van der Waals surface area contributed by atoms with Gasteiger partial charge in [0.15, 0.2) is 18.0 Å². The second-order valence-electron chi connectivity index (χ2n) is 4.87. The number of imidazole rings is 1. The van der Waals surface area contributed by atoms with E-state index in [0.29, 0.717) is 17.9 Å². The van der Waals surface area contributed by atoms with Gasteiger partial charge in [-0.15, -0.1) is 0 Å². The predicted molar refractivity (Wildman–Crippen MR) is 81.5 cm³/mol. The van der Waals surface area contributed by atoms with E-state index in [1.165, 1.54) is 0 Å². The highest BCUT2D eigenvalue weighted by Gasteiger charge is 2.08. The van der Waals surface area contributed by atoms with Crippen molar-refractivity contribution in [2.45, 2.75) is 13.5 Å². The van der Waals surface area contributed by atoms with Crippen molar-refractivity contribution in [1.29, 1.82) is 0 Å². The molecule has 3 aromatic rings. The van der Waals surface area contributed by atoms with Crippen LogP contribution >= 0.6 is 0 Å². The monoisotopic (exact) mass is 296 g/mol. The third-order valence-electron chi connectivity index (χ3n) is 3.12. The Balaban J connectivity index is 1.58. The number of amides is 1. The van der Waals surface area contributed by atoms with E-state index in [2.05, 4.69) is 15.3 Å². The third kappa shape index (κ3) is 3.22. The zero-order valence-corrected chi connectivity index (χ0v) is 12.2. The predicted octanol–water partition coefficient (Wildman–Crippen LogP) is 1.73. The van der Waals surface area contributed by atoms with Crippen molar-refractivity contribution in [3.05, 3.63) is 60.3 Å². The van der Waals surface area contributed by atoms with Crippen LogP contribution in [0.15, 0.2) is 48.9 Å². The summed E-state index contributed by atoms with van der Waals surface area (Å²) in [7, 11) is 0. The lowest BCUT2D eigenvalue weighted by Gasteiger charge is -2.08. The number of nitrogens with one attached hydrogen (secondary N) is 1. The second kappa shape index (κ2) is 6.26. The maximum atomic E-state index is 11.8. The molecule has 0 aliphatic heterocycles. The molecule has 0 aromatic carbocycles. The summed E-state index contributed by atoms with van der Waals surface area (Å²) in [5, 5.41) is 2.77. The second-order valence-corrected chi connectivity index (χ2v) is 4.87. The molecule has 0 saturated heterocycles. The number of carbonyl (C=O) groups is 1. The fourth-order valence-electron chi connectivity index (χ4n) is 2.11. The highest BCUT2D eigenvalue weighted by Crippen LogP contribution is 2.18. The van der Waals surface area contributed by atoms with Crippen molar-refractivity contribution < 1.29 is 9.53 Å². The number of nitrogens with zero attached hydrogens (tertiary/aromatic N) is 3. The number of hydrogen-bond acceptors (Lipinski definition) is 4. The Kier molecular flexibility index (Phi) is 4.00. The summed E-state index contributed by atoms with van der Waals surface area (Å²) in [5.74, 6) is 0.388. The van der Waals surface area contributed by atoms with Gasteiger partial charge in [0.1, 0.15) is 0 Å². The molecule has 6 nitrogen and oxygen atoms in total. The Labute approximate surface area is 127 Å². The summed E-state index contributed by atoms with van der Waals surface area (Å²) in [5.41, 5.74) is 2.41. The van der Waals surface area contributed by atoms with Crippen molar-refractivity contribution in [2.75, 3.05) is 6.61 Å². The zero-order valence-electron chi connectivity index (χ0n) is 12.2. The average Bonchev–Trinajstić information content (AvgIpc) is 2.92. The van der Waals surface area contributed by atoms with E-state index in [0.717, 1.165) is 11.4 Å². The van der Waals surface area contributed by atoms with Crippen molar-refractivity contribution >= 4 is 11.6 Å². The van der Waals surface area contributed by atoms with Crippen molar-refractivity contribution in [3.63, 3.8) is 0 Å². The van der Waals surface area contributed by atoms with Gasteiger partial charge < -0.3 is 14.5 Å². The number of carbonyl (C=O) groups excluding carboxylic acids is 1. The van der Waals surface area contributed by atoms with Gasteiger partial charge in [-0.05, 0) is 31.2 Å². The number of ether oxygens (including phenoxy) is 1. The number of hydrogen-bond donors (Lipinski definition) is 1. The summed E-state index contributed by atoms with van der Waals surface area (Å²) in [6, 6.07) is 9.23. The number of aromatic nitrogens is 3. The van der Waals surface area contributed by atoms with Crippen LogP contribution in [0.4, 0.5) is 0 Å². The third-order valence-corrected chi connectivity index (χ3v) is 3.12. The maximum Gasteiger partial charge on any atom is 0.258 e. The topological polar surface area (TPSA) is 68.5 Å². The Bertz CT molecular complexity index is 783. The first-order valence-corrected chi connectivity index (χ1v) is 6.96. The molecule has 3 aromatic heterocycles. The van der Waals surface area contributed by atoms with Gasteiger partial charge in [0.05, 0.1) is 17.9 Å². The van der Waals surface area contributed by atoms with Gasteiger partial charge in [0.2, 0.25) is 0 Å². The minimum atomic E-state index is -0.198. The average molecular weight is 296 g/mol. The van der Waals surface area contributed by atoms with E-state index in [1.807, 2.05) is 48.0 Å². The minimum Gasteiger partial charge on any atom is -0.480 e. The molecule has 0 bridgehead atoms. The Morgan fingerprint density at radius 1 is 1.32 bits per heavy atom. The first-order valence-electron chi connectivity index (χ1n) is 6.96. The summed E-state index contributed by atoms with van der Waals surface area (Å²) in [6.07, 6.45) is 5.49. The largest absolute Gasteiger partial charge is 0.480 e. The van der Waals surface area contributed by atoms with Crippen LogP contribution in [0.5, 0.6) is 5.75 Å². The van der Waals surface area contributed by atoms with Gasteiger partial charge in [0.25, 0.3) is 5.91 Å². The van der Waals surface area contributed by atoms with Crippen LogP contribution in [0.25, 0.3) is 5.65 Å². The summed E-state index contributed by atoms with van der Waals surface area (Å²) in [6.45, 7) is 2.24. The molecular weight excluding hydrogens is 280 g/mol. The molecule has 3 rings (SSSR count). The lowest BCUT2D eigenvalue weighted by Crippen LogP contribution is -2.28. The van der Waals surface area contributed by atoms with Gasteiger partial charge in [-0.25, -0.2) is 4.98 Å². The number of pyridine rings is 2. The van der Waals surface area contributed by atoms with Gasteiger partial charge in [-0.3, -0.25) is 9.78 Å². The molecule has 0 saturated carbocycles. The van der Waals surface area contributed by atoms with E-state index in [9.17, 15) is 4.79 Å². The Morgan fingerprint density at radius 2 is 2.23 bits per heavy atom. The Morgan fingerprint density at radius 3 is 3.05 bits per heavy atom. The molecule has 1 amide bonds. The number of aryl methyl sites for hydroxylation is 1. The summed E-state index contributed by atoms with van der Waals surface area (Å²) in [4.78, 5) is 20.4. The summed E-state index contributed by atoms with van der Waals surface area (Å²) < 4.78 is 7.44. The summed E-state index contributed by atoms with van der Waals surface area (Å²) >= 11 is 0. The highest BCUT2D eigenvalue weighted by atomic mass is 16.5. The zero-order chi connectivity index (χ0) is 15.4. The van der Waals surface area contributed by atoms with E-state index < -0.39 is 0 Å². The first-order chi connectivity index (χ1) is 10.7. The van der Waals surface area contributed by atoms with Crippen molar-refractivity contribution in [3.8, 4) is 5.75 Å². The van der Waals surface area contributed by atoms with Crippen LogP contribution in [0.3, 0.4) is 0 Å². The lowest BCUT2D eigenvalue weighted by atomic mass is 10.3. The van der Waals surface area contributed by atoms with Gasteiger partial charge in [-0.2, -0.15) is 0 Å². The van der Waals surface area contributed by atoms with E-state index >= 15 is 0 Å². The minimum absolute atomic E-state index is 0.0571. The maximum absolute atomic E-state index is 11.8. The lowest BCUT2D eigenvalue weighted by molar-refractivity contribution is -0.123.